The average molecular weight is 208 g/mol. The highest BCUT2D eigenvalue weighted by molar-refractivity contribution is 5.97. The van der Waals surface area contributed by atoms with E-state index in [9.17, 15) is 4.79 Å². The van der Waals surface area contributed by atoms with Crippen molar-refractivity contribution in [2.75, 3.05) is 24.3 Å². The molecule has 5 nitrogen and oxygen atoms in total. The Morgan fingerprint density at radius 3 is 2.80 bits per heavy atom. The van der Waals surface area contributed by atoms with Crippen molar-refractivity contribution in [2.24, 2.45) is 5.73 Å². The van der Waals surface area contributed by atoms with E-state index in [1.165, 1.54) is 0 Å². The number of nitrogens with one attached hydrogen (secondary N) is 1. The van der Waals surface area contributed by atoms with E-state index in [0.29, 0.717) is 5.69 Å². The zero-order valence-corrected chi connectivity index (χ0v) is 9.19. The highest BCUT2D eigenvalue weighted by atomic mass is 16.2. The molecular weight excluding hydrogens is 192 g/mol. The van der Waals surface area contributed by atoms with Crippen molar-refractivity contribution >= 4 is 17.3 Å². The fourth-order valence-corrected chi connectivity index (χ4v) is 1.12. The van der Waals surface area contributed by atoms with Crippen LogP contribution in [0.25, 0.3) is 0 Å². The van der Waals surface area contributed by atoms with Crippen LogP contribution < -0.4 is 16.0 Å². The average Bonchev–Trinajstić information content (AvgIpc) is 2.18. The summed E-state index contributed by atoms with van der Waals surface area (Å²) in [6, 6.07) is 1.30. The number of hydrogen-bond donors (Lipinski definition) is 2. The molecule has 0 bridgehead atoms. The number of anilines is 2. The van der Waals surface area contributed by atoms with Crippen LogP contribution in [0.5, 0.6) is 0 Å². The predicted molar refractivity (Wildman–Crippen MR) is 60.8 cm³/mol. The van der Waals surface area contributed by atoms with Crippen molar-refractivity contribution in [3.8, 4) is 0 Å². The molecule has 0 saturated carbocycles. The van der Waals surface area contributed by atoms with Crippen molar-refractivity contribution in [3.63, 3.8) is 0 Å². The van der Waals surface area contributed by atoms with Crippen LogP contribution in [0.4, 0.5) is 11.4 Å². The van der Waals surface area contributed by atoms with Crippen molar-refractivity contribution in [1.29, 1.82) is 0 Å². The Balaban J connectivity index is 2.89. The van der Waals surface area contributed by atoms with E-state index in [1.54, 1.807) is 19.3 Å². The van der Waals surface area contributed by atoms with Crippen molar-refractivity contribution in [1.82, 2.24) is 4.98 Å². The highest BCUT2D eigenvalue weighted by Crippen LogP contribution is 2.21. The number of carbonyl (C=O) groups is 1. The van der Waals surface area contributed by atoms with Gasteiger partial charge in [0.1, 0.15) is 0 Å². The van der Waals surface area contributed by atoms with Gasteiger partial charge in [0.15, 0.2) is 0 Å². The van der Waals surface area contributed by atoms with Gasteiger partial charge in [0.2, 0.25) is 5.91 Å². The maximum atomic E-state index is 11.4. The molecule has 0 aromatic carbocycles. The van der Waals surface area contributed by atoms with Crippen LogP contribution in [0.3, 0.4) is 0 Å². The van der Waals surface area contributed by atoms with Gasteiger partial charge < -0.3 is 16.0 Å². The van der Waals surface area contributed by atoms with Crippen LogP contribution in [0, 0.1) is 0 Å². The fraction of sp³-hybridized carbons (Fsp3) is 0.400. The topological polar surface area (TPSA) is 71.2 Å². The van der Waals surface area contributed by atoms with Gasteiger partial charge in [0.25, 0.3) is 0 Å². The number of amides is 1. The first-order chi connectivity index (χ1) is 7.02. The lowest BCUT2D eigenvalue weighted by atomic mass is 10.3. The zero-order valence-electron chi connectivity index (χ0n) is 9.19. The van der Waals surface area contributed by atoms with E-state index in [0.717, 1.165) is 5.69 Å². The smallest absolute Gasteiger partial charge is 0.241 e. The minimum absolute atomic E-state index is 0.217. The molecule has 1 amide bonds. The first-order valence-corrected chi connectivity index (χ1v) is 4.70. The fourth-order valence-electron chi connectivity index (χ4n) is 1.12. The molecule has 0 spiro atoms. The lowest BCUT2D eigenvalue weighted by Crippen LogP contribution is -2.33. The maximum Gasteiger partial charge on any atom is 0.241 e. The van der Waals surface area contributed by atoms with Gasteiger partial charge in [-0.1, -0.05) is 0 Å². The molecule has 1 atom stereocenters. The van der Waals surface area contributed by atoms with Crippen LogP contribution in [0.15, 0.2) is 18.5 Å². The van der Waals surface area contributed by atoms with Crippen molar-refractivity contribution < 1.29 is 4.79 Å². The molecule has 0 radical (unpaired) electrons. The molecule has 0 saturated heterocycles. The maximum absolute atomic E-state index is 11.4. The normalized spacial score (nSPS) is 12.0. The molecule has 0 aliphatic rings. The Morgan fingerprint density at radius 1 is 1.60 bits per heavy atom. The number of pyridine rings is 1. The molecular formula is C10H16N4O. The molecule has 1 unspecified atom stereocenters. The minimum Gasteiger partial charge on any atom is -0.376 e. The van der Waals surface area contributed by atoms with Crippen molar-refractivity contribution in [2.45, 2.75) is 13.0 Å². The summed E-state index contributed by atoms with van der Waals surface area (Å²) in [5.41, 5.74) is 7.04. The Kier molecular flexibility index (Phi) is 3.62. The predicted octanol–water partition coefficient (Wildman–Crippen LogP) is 0.433. The molecule has 1 aromatic heterocycles. The second kappa shape index (κ2) is 4.75. The zero-order chi connectivity index (χ0) is 11.4. The number of nitrogens with zero attached hydrogens (tertiary/aromatic N) is 2. The third kappa shape index (κ3) is 2.92. The lowest BCUT2D eigenvalue weighted by molar-refractivity contribution is -0.117. The summed E-state index contributed by atoms with van der Waals surface area (Å²) >= 11 is 0. The van der Waals surface area contributed by atoms with Crippen LogP contribution in [-0.2, 0) is 4.79 Å². The summed E-state index contributed by atoms with van der Waals surface area (Å²) in [6.45, 7) is 1.64. The van der Waals surface area contributed by atoms with Gasteiger partial charge in [-0.25, -0.2) is 0 Å². The first kappa shape index (κ1) is 11.5. The van der Waals surface area contributed by atoms with Crippen LogP contribution >= 0.6 is 0 Å². The van der Waals surface area contributed by atoms with E-state index in [4.69, 9.17) is 5.73 Å². The Labute approximate surface area is 89.3 Å². The third-order valence-electron chi connectivity index (χ3n) is 1.95. The molecule has 1 heterocycles. The number of hydrogen-bond acceptors (Lipinski definition) is 4. The summed E-state index contributed by atoms with van der Waals surface area (Å²) in [5.74, 6) is -0.217. The Hall–Kier alpha value is -1.62. The molecule has 82 valence electrons. The van der Waals surface area contributed by atoms with Crippen LogP contribution in [-0.4, -0.2) is 31.0 Å². The standard InChI is InChI=1S/C10H16N4O/c1-7(11)10(15)13-8-6-12-5-4-9(8)14(2)3/h4-7H,11H2,1-3H3,(H,13,15). The summed E-state index contributed by atoms with van der Waals surface area (Å²) in [6.07, 6.45) is 3.28. The van der Waals surface area contributed by atoms with Crippen LogP contribution in [0.1, 0.15) is 6.92 Å². The number of nitrogens with two attached hydrogens (primary N) is 1. The number of carbonyl (C=O) groups excluding carboxylic acids is 1. The lowest BCUT2D eigenvalue weighted by Gasteiger charge is -2.17. The minimum atomic E-state index is -0.528. The van der Waals surface area contributed by atoms with Gasteiger partial charge in [-0.05, 0) is 13.0 Å². The molecule has 15 heavy (non-hydrogen) atoms. The second-order valence-electron chi connectivity index (χ2n) is 3.57. The summed E-state index contributed by atoms with van der Waals surface area (Å²) < 4.78 is 0. The largest absolute Gasteiger partial charge is 0.376 e. The third-order valence-corrected chi connectivity index (χ3v) is 1.95. The van der Waals surface area contributed by atoms with E-state index in [-0.39, 0.29) is 5.91 Å². The summed E-state index contributed by atoms with van der Waals surface area (Å²) in [7, 11) is 3.80. The molecule has 1 rings (SSSR count). The van der Waals surface area contributed by atoms with Gasteiger partial charge in [-0.3, -0.25) is 9.78 Å². The van der Waals surface area contributed by atoms with Gasteiger partial charge in [0.05, 0.1) is 23.6 Å². The number of rotatable bonds is 3. The van der Waals surface area contributed by atoms with Crippen LogP contribution in [0.2, 0.25) is 0 Å². The monoisotopic (exact) mass is 208 g/mol. The van der Waals surface area contributed by atoms with Gasteiger partial charge in [-0.2, -0.15) is 0 Å². The van der Waals surface area contributed by atoms with Gasteiger partial charge in [-0.15, -0.1) is 0 Å². The van der Waals surface area contributed by atoms with E-state index < -0.39 is 6.04 Å². The Bertz CT molecular complexity index is 349. The number of aromatic nitrogens is 1. The quantitative estimate of drug-likeness (QED) is 0.755. The van der Waals surface area contributed by atoms with Gasteiger partial charge >= 0.3 is 0 Å². The van der Waals surface area contributed by atoms with Crippen molar-refractivity contribution in [3.05, 3.63) is 18.5 Å². The first-order valence-electron chi connectivity index (χ1n) is 4.70. The highest BCUT2D eigenvalue weighted by Gasteiger charge is 2.11. The van der Waals surface area contributed by atoms with E-state index >= 15 is 0 Å². The molecule has 0 aliphatic heterocycles. The van der Waals surface area contributed by atoms with Gasteiger partial charge in [0, 0.05) is 20.3 Å². The summed E-state index contributed by atoms with van der Waals surface area (Å²) in [5, 5.41) is 2.72. The Morgan fingerprint density at radius 2 is 2.27 bits per heavy atom. The molecule has 0 aliphatic carbocycles. The second-order valence-corrected chi connectivity index (χ2v) is 3.57. The molecule has 3 N–H and O–H groups in total. The molecule has 0 fully saturated rings. The molecule has 5 heteroatoms. The summed E-state index contributed by atoms with van der Waals surface area (Å²) in [4.78, 5) is 17.3. The van der Waals surface area contributed by atoms with E-state index in [2.05, 4.69) is 10.3 Å². The van der Waals surface area contributed by atoms with E-state index in [1.807, 2.05) is 25.1 Å². The SMILES string of the molecule is CC(N)C(=O)Nc1cnccc1N(C)C. The molecule has 1 aromatic rings.